The van der Waals surface area contributed by atoms with Gasteiger partial charge in [0.1, 0.15) is 0 Å². The van der Waals surface area contributed by atoms with Crippen molar-refractivity contribution >= 4 is 72.3 Å². The first-order valence-corrected chi connectivity index (χ1v) is 24.4. The molecule has 314 valence electrons. The van der Waals surface area contributed by atoms with Crippen LogP contribution in [0, 0.1) is 0 Å². The molecular weight excluding hydrogens is 756 g/mol. The second-order valence-corrected chi connectivity index (χ2v) is 24.1. The number of thiophene rings is 1. The molecule has 5 aromatic carbocycles. The van der Waals surface area contributed by atoms with Crippen LogP contribution in [0.5, 0.6) is 0 Å². The monoisotopic (exact) mass is 823 g/mol. The molecule has 1 aromatic heterocycles. The molecule has 0 saturated carbocycles. The number of nitrogens with zero attached hydrogens (tertiary/aromatic N) is 2. The number of benzene rings is 5. The van der Waals surface area contributed by atoms with Crippen molar-refractivity contribution < 1.29 is 0 Å². The molecular formula is C57H67BN2S. The minimum atomic E-state index is -0.0226. The Morgan fingerprint density at radius 1 is 0.656 bits per heavy atom. The normalized spacial score (nSPS) is 19.5. The Balaban J connectivity index is 1.33. The van der Waals surface area contributed by atoms with Gasteiger partial charge in [0.15, 0.2) is 0 Å². The van der Waals surface area contributed by atoms with Crippen molar-refractivity contribution in [3.8, 4) is 11.1 Å². The maximum atomic E-state index is 2.88. The summed E-state index contributed by atoms with van der Waals surface area (Å²) in [5.74, 6) is 0. The van der Waals surface area contributed by atoms with Crippen LogP contribution in [-0.4, -0.2) is 12.3 Å². The van der Waals surface area contributed by atoms with E-state index in [2.05, 4.69) is 195 Å². The highest BCUT2D eigenvalue weighted by Crippen LogP contribution is 2.55. The second-order valence-electron chi connectivity index (χ2n) is 23.0. The van der Waals surface area contributed by atoms with Gasteiger partial charge < -0.3 is 9.80 Å². The Hall–Kier alpha value is -4.28. The van der Waals surface area contributed by atoms with E-state index in [9.17, 15) is 0 Å². The lowest BCUT2D eigenvalue weighted by Gasteiger charge is -2.47. The molecule has 0 bridgehead atoms. The standard InChI is InChI=1S/C57H67BN2S/c1-13-14-15-19-26-57(12)35-38-29-40(54(5,6)7)32-45-50(38)60(57)47-31-37(36-20-17-16-18-21-36)30-46-49(47)58(45)52-51(59(46)41-24-22-39(23-25-41)53(2,3)4)42-33-43-44(34-48(42)61-52)56(10,11)28-27-55(43,8)9/h16-18,20-25,29-34H,13-15,19,26-28,35H2,1-12H3. The summed E-state index contributed by atoms with van der Waals surface area (Å²) >= 11 is 2.08. The van der Waals surface area contributed by atoms with E-state index in [4.69, 9.17) is 0 Å². The zero-order chi connectivity index (χ0) is 43.0. The molecule has 1 unspecified atom stereocenters. The van der Waals surface area contributed by atoms with Crippen LogP contribution < -0.4 is 25.5 Å². The van der Waals surface area contributed by atoms with Gasteiger partial charge in [0.2, 0.25) is 0 Å². The van der Waals surface area contributed by atoms with Crippen molar-refractivity contribution in [2.24, 2.45) is 0 Å². The van der Waals surface area contributed by atoms with E-state index in [1.54, 1.807) is 11.1 Å². The van der Waals surface area contributed by atoms with Crippen LogP contribution in [0.4, 0.5) is 28.4 Å². The van der Waals surface area contributed by atoms with Crippen molar-refractivity contribution in [1.29, 1.82) is 0 Å². The van der Waals surface area contributed by atoms with Gasteiger partial charge in [-0.1, -0.05) is 156 Å². The van der Waals surface area contributed by atoms with E-state index < -0.39 is 0 Å². The van der Waals surface area contributed by atoms with Crippen LogP contribution >= 0.6 is 11.3 Å². The largest absolute Gasteiger partial charge is 0.336 e. The van der Waals surface area contributed by atoms with Crippen LogP contribution in [0.1, 0.15) is 156 Å². The molecule has 61 heavy (non-hydrogen) atoms. The van der Waals surface area contributed by atoms with E-state index in [1.165, 1.54) is 127 Å². The topological polar surface area (TPSA) is 6.48 Å². The van der Waals surface area contributed by atoms with Crippen molar-refractivity contribution in [2.75, 3.05) is 9.80 Å². The minimum absolute atomic E-state index is 0.0226. The molecule has 3 aliphatic heterocycles. The Morgan fingerprint density at radius 2 is 1.31 bits per heavy atom. The molecule has 2 nitrogen and oxygen atoms in total. The molecule has 4 heteroatoms. The van der Waals surface area contributed by atoms with Crippen LogP contribution in [0.2, 0.25) is 0 Å². The summed E-state index contributed by atoms with van der Waals surface area (Å²) in [6.45, 7) is 29.2. The summed E-state index contributed by atoms with van der Waals surface area (Å²) in [7, 11) is 0. The molecule has 10 rings (SSSR count). The number of hydrogen-bond donors (Lipinski definition) is 0. The molecule has 0 saturated heterocycles. The summed E-state index contributed by atoms with van der Waals surface area (Å²) in [6, 6.07) is 36.5. The van der Waals surface area contributed by atoms with E-state index in [1.807, 2.05) is 0 Å². The predicted octanol–water partition coefficient (Wildman–Crippen LogP) is 14.5. The average Bonchev–Trinajstić information content (AvgIpc) is 3.73. The molecule has 0 amide bonds. The highest BCUT2D eigenvalue weighted by molar-refractivity contribution is 7.33. The molecule has 0 spiro atoms. The van der Waals surface area contributed by atoms with Gasteiger partial charge in [0.25, 0.3) is 6.71 Å². The second kappa shape index (κ2) is 13.9. The highest BCUT2D eigenvalue weighted by atomic mass is 32.1. The highest BCUT2D eigenvalue weighted by Gasteiger charge is 2.52. The van der Waals surface area contributed by atoms with Crippen LogP contribution in [0.3, 0.4) is 0 Å². The van der Waals surface area contributed by atoms with E-state index in [-0.39, 0.29) is 33.9 Å². The van der Waals surface area contributed by atoms with E-state index in [0.29, 0.717) is 0 Å². The smallest absolute Gasteiger partial charge is 0.264 e. The SMILES string of the molecule is CCCCCCC1(C)Cc2cc(C(C)(C)C)cc3c2N1c1cc(-c2ccccc2)cc2c1B3c1sc3cc4c(cc3c1N2c1ccc(C(C)(C)C)cc1)C(C)(C)CCC4(C)C. The van der Waals surface area contributed by atoms with Gasteiger partial charge in [-0.2, -0.15) is 0 Å². The molecule has 6 aromatic rings. The lowest BCUT2D eigenvalue weighted by atomic mass is 9.36. The summed E-state index contributed by atoms with van der Waals surface area (Å²) in [6.07, 6.45) is 9.80. The molecule has 1 atom stereocenters. The first-order valence-electron chi connectivity index (χ1n) is 23.5. The van der Waals surface area contributed by atoms with Crippen molar-refractivity contribution in [3.63, 3.8) is 0 Å². The number of hydrogen-bond acceptors (Lipinski definition) is 3. The average molecular weight is 823 g/mol. The maximum absolute atomic E-state index is 2.88. The number of fused-ring (bicyclic) bond motifs is 7. The molecule has 4 aliphatic rings. The predicted molar refractivity (Wildman–Crippen MR) is 269 cm³/mol. The van der Waals surface area contributed by atoms with Gasteiger partial charge >= 0.3 is 0 Å². The Labute approximate surface area is 371 Å². The number of anilines is 5. The lowest BCUT2D eigenvalue weighted by Crippen LogP contribution is -2.62. The summed E-state index contributed by atoms with van der Waals surface area (Å²) < 4.78 is 2.92. The van der Waals surface area contributed by atoms with Gasteiger partial charge in [0.05, 0.1) is 5.69 Å². The van der Waals surface area contributed by atoms with Gasteiger partial charge in [0, 0.05) is 43.2 Å². The lowest BCUT2D eigenvalue weighted by molar-refractivity contribution is 0.332. The molecule has 4 heterocycles. The minimum Gasteiger partial charge on any atom is -0.336 e. The van der Waals surface area contributed by atoms with Crippen molar-refractivity contribution in [1.82, 2.24) is 0 Å². The third kappa shape index (κ3) is 6.38. The molecule has 0 fully saturated rings. The first-order chi connectivity index (χ1) is 28.8. The van der Waals surface area contributed by atoms with Gasteiger partial charge in [-0.3, -0.25) is 0 Å². The summed E-state index contributed by atoms with van der Waals surface area (Å²) in [5, 5.41) is 1.41. The van der Waals surface area contributed by atoms with Gasteiger partial charge in [-0.15, -0.1) is 11.3 Å². The van der Waals surface area contributed by atoms with Crippen LogP contribution in [0.25, 0.3) is 21.2 Å². The fraction of sp³-hybridized carbons (Fsp3) is 0.439. The van der Waals surface area contributed by atoms with Gasteiger partial charge in [-0.05, 0) is 141 Å². The fourth-order valence-corrected chi connectivity index (χ4v) is 13.0. The van der Waals surface area contributed by atoms with Crippen molar-refractivity contribution in [2.45, 2.75) is 162 Å². The zero-order valence-corrected chi connectivity index (χ0v) is 40.0. The van der Waals surface area contributed by atoms with Crippen molar-refractivity contribution in [3.05, 3.63) is 119 Å². The number of unbranched alkanes of at least 4 members (excludes halogenated alkanes) is 3. The first kappa shape index (κ1) is 40.8. The maximum Gasteiger partial charge on any atom is 0.264 e. The van der Waals surface area contributed by atoms with Gasteiger partial charge in [-0.25, -0.2) is 0 Å². The Bertz CT molecular complexity index is 2700. The van der Waals surface area contributed by atoms with E-state index >= 15 is 0 Å². The number of rotatable bonds is 7. The van der Waals surface area contributed by atoms with E-state index in [0.717, 1.165) is 6.42 Å². The van der Waals surface area contributed by atoms with Crippen LogP contribution in [-0.2, 0) is 28.1 Å². The molecule has 1 aliphatic carbocycles. The zero-order valence-electron chi connectivity index (χ0n) is 39.2. The molecule has 0 N–H and O–H groups in total. The Kier molecular flexibility index (Phi) is 9.27. The third-order valence-electron chi connectivity index (χ3n) is 15.5. The molecule has 0 radical (unpaired) electrons. The summed E-state index contributed by atoms with van der Waals surface area (Å²) in [4.78, 5) is 5.59. The third-order valence-corrected chi connectivity index (χ3v) is 16.7. The Morgan fingerprint density at radius 3 is 1.97 bits per heavy atom. The quantitative estimate of drug-likeness (QED) is 0.117. The summed E-state index contributed by atoms with van der Waals surface area (Å²) in [5.41, 5.74) is 20.2. The van der Waals surface area contributed by atoms with Crippen LogP contribution in [0.15, 0.2) is 91.0 Å². The fourth-order valence-electron chi connectivity index (χ4n) is 11.7.